The minimum atomic E-state index is -0.682. The minimum Gasteiger partial charge on any atom is -0.314 e. The van der Waals surface area contributed by atoms with Crippen molar-refractivity contribution in [3.8, 4) is 0 Å². The number of nitrogens with zero attached hydrogens (tertiary/aromatic N) is 1. The molecule has 1 N–H and O–H groups in total. The quantitative estimate of drug-likeness (QED) is 0.915. The van der Waals surface area contributed by atoms with E-state index in [2.05, 4.69) is 10.2 Å². The number of benzene rings is 1. The van der Waals surface area contributed by atoms with Crippen molar-refractivity contribution in [3.63, 3.8) is 0 Å². The molecule has 1 aromatic rings. The summed E-state index contributed by atoms with van der Waals surface area (Å²) in [7, 11) is 0. The number of hydrogen-bond donors (Lipinski definition) is 1. The monoisotopic (exact) mass is 316 g/mol. The fourth-order valence-electron chi connectivity index (χ4n) is 3.05. The van der Waals surface area contributed by atoms with Gasteiger partial charge in [-0.25, -0.2) is 8.78 Å². The zero-order valence-electron chi connectivity index (χ0n) is 12.4. The Morgan fingerprint density at radius 2 is 1.86 bits per heavy atom. The molecule has 1 heterocycles. The molecule has 5 heteroatoms. The second-order valence-electron chi connectivity index (χ2n) is 6.08. The highest BCUT2D eigenvalue weighted by Crippen LogP contribution is 2.41. The third-order valence-corrected chi connectivity index (χ3v) is 4.51. The van der Waals surface area contributed by atoms with E-state index in [0.717, 1.165) is 32.6 Å². The lowest BCUT2D eigenvalue weighted by molar-refractivity contribution is 0.156. The van der Waals surface area contributed by atoms with Gasteiger partial charge >= 0.3 is 0 Å². The molecule has 2 fully saturated rings. The summed E-state index contributed by atoms with van der Waals surface area (Å²) in [6.45, 7) is 5.29. The Labute approximate surface area is 131 Å². The zero-order chi connectivity index (χ0) is 14.1. The number of piperazine rings is 1. The van der Waals surface area contributed by atoms with Crippen LogP contribution in [0.4, 0.5) is 8.78 Å². The highest BCUT2D eigenvalue weighted by atomic mass is 35.5. The second kappa shape index (κ2) is 7.03. The Morgan fingerprint density at radius 1 is 1.19 bits per heavy atom. The first-order valence-corrected chi connectivity index (χ1v) is 7.56. The van der Waals surface area contributed by atoms with Gasteiger partial charge in [0, 0.05) is 37.8 Å². The molecule has 1 saturated carbocycles. The van der Waals surface area contributed by atoms with Gasteiger partial charge in [0.2, 0.25) is 0 Å². The lowest BCUT2D eigenvalue weighted by atomic mass is 9.97. The van der Waals surface area contributed by atoms with Crippen LogP contribution in [0.1, 0.15) is 36.4 Å². The molecule has 2 nitrogen and oxygen atoms in total. The van der Waals surface area contributed by atoms with Crippen LogP contribution in [-0.4, -0.2) is 31.1 Å². The minimum absolute atomic E-state index is 0. The summed E-state index contributed by atoms with van der Waals surface area (Å²) < 4.78 is 28.2. The molecular weight excluding hydrogens is 294 g/mol. The molecule has 118 valence electrons. The van der Waals surface area contributed by atoms with Crippen LogP contribution in [0, 0.1) is 24.5 Å². The highest BCUT2D eigenvalue weighted by Gasteiger charge is 2.32. The maximum atomic E-state index is 14.3. The summed E-state index contributed by atoms with van der Waals surface area (Å²) in [5.41, 5.74) is 0.929. The Bertz CT molecular complexity index is 485. The molecule has 1 aliphatic carbocycles. The van der Waals surface area contributed by atoms with E-state index in [4.69, 9.17) is 0 Å². The SMILES string of the molecule is Cc1ccc([C@H](CC2CC2)N2CCNCC2)c(F)c1F.Cl. The molecule has 3 rings (SSSR count). The maximum absolute atomic E-state index is 14.3. The van der Waals surface area contributed by atoms with Crippen molar-refractivity contribution in [2.75, 3.05) is 26.2 Å². The number of hydrogen-bond acceptors (Lipinski definition) is 2. The van der Waals surface area contributed by atoms with Gasteiger partial charge in [0.25, 0.3) is 0 Å². The normalized spacial score (nSPS) is 20.9. The van der Waals surface area contributed by atoms with Crippen LogP contribution in [-0.2, 0) is 0 Å². The maximum Gasteiger partial charge on any atom is 0.163 e. The molecule has 0 radical (unpaired) electrons. The fourth-order valence-corrected chi connectivity index (χ4v) is 3.05. The second-order valence-corrected chi connectivity index (χ2v) is 6.08. The molecule has 1 aromatic carbocycles. The van der Waals surface area contributed by atoms with Gasteiger partial charge in [-0.2, -0.15) is 0 Å². The Kier molecular flexibility index (Phi) is 5.58. The van der Waals surface area contributed by atoms with Crippen molar-refractivity contribution in [2.45, 2.75) is 32.2 Å². The van der Waals surface area contributed by atoms with Crippen molar-refractivity contribution in [2.24, 2.45) is 5.92 Å². The van der Waals surface area contributed by atoms with Crippen molar-refractivity contribution >= 4 is 12.4 Å². The summed E-state index contributed by atoms with van der Waals surface area (Å²) in [5, 5.41) is 3.32. The average Bonchev–Trinajstić information content (AvgIpc) is 3.28. The molecule has 0 unspecified atom stereocenters. The van der Waals surface area contributed by atoms with Gasteiger partial charge in [-0.1, -0.05) is 25.0 Å². The average molecular weight is 317 g/mol. The van der Waals surface area contributed by atoms with Gasteiger partial charge in [-0.05, 0) is 24.8 Å². The molecule has 0 aromatic heterocycles. The molecule has 0 amide bonds. The van der Waals surface area contributed by atoms with Crippen LogP contribution < -0.4 is 5.32 Å². The number of nitrogens with one attached hydrogen (secondary N) is 1. The van der Waals surface area contributed by atoms with E-state index in [0.29, 0.717) is 17.0 Å². The van der Waals surface area contributed by atoms with Crippen molar-refractivity contribution < 1.29 is 8.78 Å². The number of halogens is 3. The lowest BCUT2D eigenvalue weighted by Crippen LogP contribution is -2.45. The van der Waals surface area contributed by atoms with E-state index in [1.54, 1.807) is 19.1 Å². The molecule has 2 aliphatic rings. The van der Waals surface area contributed by atoms with E-state index in [-0.39, 0.29) is 18.4 Å². The Hall–Kier alpha value is -0.710. The van der Waals surface area contributed by atoms with Gasteiger partial charge in [-0.15, -0.1) is 12.4 Å². The molecule has 0 bridgehead atoms. The third kappa shape index (κ3) is 3.74. The highest BCUT2D eigenvalue weighted by molar-refractivity contribution is 5.85. The van der Waals surface area contributed by atoms with Gasteiger partial charge in [0.15, 0.2) is 11.6 Å². The van der Waals surface area contributed by atoms with Crippen molar-refractivity contribution in [1.82, 2.24) is 10.2 Å². The van der Waals surface area contributed by atoms with Crippen LogP contribution in [0.25, 0.3) is 0 Å². The van der Waals surface area contributed by atoms with Gasteiger partial charge < -0.3 is 5.32 Å². The van der Waals surface area contributed by atoms with E-state index in [9.17, 15) is 8.78 Å². The Balaban J connectivity index is 0.00000161. The van der Waals surface area contributed by atoms with E-state index in [1.165, 1.54) is 12.8 Å². The standard InChI is InChI=1S/C16H22F2N2.ClH/c1-11-2-5-13(16(18)15(11)17)14(10-12-3-4-12)20-8-6-19-7-9-20;/h2,5,12,14,19H,3-4,6-10H2,1H3;1H/t14-;/m0./s1. The first kappa shape index (κ1) is 16.7. The molecule has 1 aliphatic heterocycles. The van der Waals surface area contributed by atoms with Crippen LogP contribution in [0.3, 0.4) is 0 Å². The largest absolute Gasteiger partial charge is 0.314 e. The zero-order valence-corrected chi connectivity index (χ0v) is 13.2. The topological polar surface area (TPSA) is 15.3 Å². The molecule has 1 atom stereocenters. The smallest absolute Gasteiger partial charge is 0.163 e. The van der Waals surface area contributed by atoms with Crippen LogP contribution in [0.5, 0.6) is 0 Å². The van der Waals surface area contributed by atoms with Crippen LogP contribution in [0.2, 0.25) is 0 Å². The predicted molar refractivity (Wildman–Crippen MR) is 82.9 cm³/mol. The van der Waals surface area contributed by atoms with E-state index in [1.807, 2.05) is 0 Å². The summed E-state index contributed by atoms with van der Waals surface area (Å²) in [5.74, 6) is -0.633. The first-order chi connectivity index (χ1) is 9.66. The molecular formula is C16H23ClF2N2. The summed E-state index contributed by atoms with van der Waals surface area (Å²) >= 11 is 0. The summed E-state index contributed by atoms with van der Waals surface area (Å²) in [6.07, 6.45) is 3.43. The molecule has 0 spiro atoms. The molecule has 1 saturated heterocycles. The van der Waals surface area contributed by atoms with E-state index < -0.39 is 11.6 Å². The van der Waals surface area contributed by atoms with Crippen LogP contribution >= 0.6 is 12.4 Å². The third-order valence-electron chi connectivity index (χ3n) is 4.51. The van der Waals surface area contributed by atoms with E-state index >= 15 is 0 Å². The van der Waals surface area contributed by atoms with Gasteiger partial charge in [0.05, 0.1) is 0 Å². The predicted octanol–water partition coefficient (Wildman–Crippen LogP) is 3.44. The summed E-state index contributed by atoms with van der Waals surface area (Å²) in [6, 6.07) is 3.51. The summed E-state index contributed by atoms with van der Waals surface area (Å²) in [4.78, 5) is 2.31. The van der Waals surface area contributed by atoms with Gasteiger partial charge in [0.1, 0.15) is 0 Å². The molecule has 21 heavy (non-hydrogen) atoms. The van der Waals surface area contributed by atoms with Gasteiger partial charge in [-0.3, -0.25) is 4.90 Å². The first-order valence-electron chi connectivity index (χ1n) is 7.56. The van der Waals surface area contributed by atoms with Crippen LogP contribution in [0.15, 0.2) is 12.1 Å². The number of aryl methyl sites for hydroxylation is 1. The fraction of sp³-hybridized carbons (Fsp3) is 0.625. The Morgan fingerprint density at radius 3 is 2.48 bits per heavy atom. The number of rotatable bonds is 4. The lowest BCUT2D eigenvalue weighted by Gasteiger charge is -2.35. The van der Waals surface area contributed by atoms with Crippen molar-refractivity contribution in [1.29, 1.82) is 0 Å². The van der Waals surface area contributed by atoms with Crippen molar-refractivity contribution in [3.05, 3.63) is 34.9 Å².